The van der Waals surface area contributed by atoms with Crippen LogP contribution >= 0.6 is 0 Å². The number of pyridine rings is 1. The SMILES string of the molecule is Cc1cc(NC(=O)c2ccc(C)n(-c3ccc(F)cc3)c2=O)ccc1Oc1cc2cnn(C)c2cc1C1=CNNC1. The molecule has 0 spiro atoms. The van der Waals surface area contributed by atoms with Crippen molar-refractivity contribution >= 4 is 28.1 Å². The van der Waals surface area contributed by atoms with Gasteiger partial charge in [-0.05, 0) is 91.7 Å². The molecule has 0 saturated carbocycles. The van der Waals surface area contributed by atoms with E-state index in [1.807, 2.05) is 30.9 Å². The van der Waals surface area contributed by atoms with E-state index in [-0.39, 0.29) is 5.56 Å². The molecule has 9 nitrogen and oxygen atoms in total. The van der Waals surface area contributed by atoms with Gasteiger partial charge in [-0.2, -0.15) is 5.10 Å². The van der Waals surface area contributed by atoms with Crippen molar-refractivity contribution < 1.29 is 13.9 Å². The number of nitrogens with zero attached hydrogens (tertiary/aromatic N) is 3. The molecule has 6 rings (SSSR count). The number of aromatic nitrogens is 3. The van der Waals surface area contributed by atoms with Crippen molar-refractivity contribution in [2.45, 2.75) is 13.8 Å². The highest BCUT2D eigenvalue weighted by atomic mass is 19.1. The van der Waals surface area contributed by atoms with Crippen LogP contribution in [0.15, 0.2) is 83.9 Å². The lowest BCUT2D eigenvalue weighted by Gasteiger charge is -2.15. The number of amides is 1. The third-order valence-electron chi connectivity index (χ3n) is 7.08. The van der Waals surface area contributed by atoms with Crippen molar-refractivity contribution in [2.75, 3.05) is 11.9 Å². The Balaban J connectivity index is 1.27. The number of nitrogens with one attached hydrogen (secondary N) is 3. The average molecular weight is 551 g/mol. The molecule has 0 saturated heterocycles. The lowest BCUT2D eigenvalue weighted by atomic mass is 10.0. The zero-order valence-corrected chi connectivity index (χ0v) is 22.7. The van der Waals surface area contributed by atoms with Crippen molar-refractivity contribution in [1.82, 2.24) is 25.2 Å². The van der Waals surface area contributed by atoms with Crippen LogP contribution < -0.4 is 26.5 Å². The van der Waals surface area contributed by atoms with Gasteiger partial charge in [0.25, 0.3) is 11.5 Å². The number of carbonyl (C=O) groups excluding carboxylic acids is 1. The summed E-state index contributed by atoms with van der Waals surface area (Å²) in [4.78, 5) is 26.4. The fraction of sp³-hybridized carbons (Fsp3) is 0.129. The molecule has 0 aliphatic carbocycles. The Morgan fingerprint density at radius 2 is 1.83 bits per heavy atom. The Morgan fingerprint density at radius 1 is 1.02 bits per heavy atom. The number of aryl methyl sites for hydroxylation is 3. The van der Waals surface area contributed by atoms with Gasteiger partial charge in [0.1, 0.15) is 22.9 Å². The number of hydrogen-bond acceptors (Lipinski definition) is 6. The second kappa shape index (κ2) is 10.4. The second-order valence-electron chi connectivity index (χ2n) is 9.88. The van der Waals surface area contributed by atoms with Gasteiger partial charge >= 0.3 is 0 Å². The van der Waals surface area contributed by atoms with Gasteiger partial charge in [0, 0.05) is 47.8 Å². The zero-order chi connectivity index (χ0) is 28.7. The average Bonchev–Trinajstić information content (AvgIpc) is 3.61. The summed E-state index contributed by atoms with van der Waals surface area (Å²) < 4.78 is 23.0. The quantitative estimate of drug-likeness (QED) is 0.276. The third-order valence-corrected chi connectivity index (χ3v) is 7.08. The van der Waals surface area contributed by atoms with Gasteiger partial charge in [0.15, 0.2) is 0 Å². The third kappa shape index (κ3) is 4.96. The minimum absolute atomic E-state index is 0.0284. The van der Waals surface area contributed by atoms with Gasteiger partial charge in [-0.1, -0.05) is 0 Å². The maximum Gasteiger partial charge on any atom is 0.268 e. The summed E-state index contributed by atoms with van der Waals surface area (Å²) >= 11 is 0. The number of halogens is 1. The molecule has 5 aromatic rings. The molecular formula is C31H27FN6O3. The number of hydrazine groups is 1. The van der Waals surface area contributed by atoms with E-state index in [1.54, 1.807) is 37.4 Å². The molecule has 3 N–H and O–H groups in total. The van der Waals surface area contributed by atoms with Crippen molar-refractivity contribution in [3.8, 4) is 17.2 Å². The van der Waals surface area contributed by atoms with Gasteiger partial charge in [0.05, 0.1) is 11.7 Å². The first-order valence-electron chi connectivity index (χ1n) is 13.0. The fourth-order valence-electron chi connectivity index (χ4n) is 4.90. The molecule has 0 atom stereocenters. The maximum absolute atomic E-state index is 13.4. The lowest BCUT2D eigenvalue weighted by Crippen LogP contribution is -2.29. The van der Waals surface area contributed by atoms with E-state index in [0.29, 0.717) is 35.1 Å². The predicted octanol–water partition coefficient (Wildman–Crippen LogP) is 4.97. The Bertz CT molecular complexity index is 1910. The van der Waals surface area contributed by atoms with Gasteiger partial charge in [-0.15, -0.1) is 0 Å². The number of fused-ring (bicyclic) bond motifs is 1. The first-order valence-corrected chi connectivity index (χ1v) is 13.0. The summed E-state index contributed by atoms with van der Waals surface area (Å²) in [5.74, 6) is 0.357. The number of carbonyl (C=O) groups is 1. The first kappa shape index (κ1) is 26.0. The minimum Gasteiger partial charge on any atom is -0.456 e. The standard InChI is InChI=1S/C31H27FN6O3/c1-18-12-23(36-30(39)25-10-4-19(2)38(31(25)40)24-8-5-22(32)6-9-24)7-11-28(18)41-29-13-20-17-35-37(3)27(20)14-26(29)21-15-33-34-16-21/h4-15,17,33-34H,16H2,1-3H3,(H,36,39). The van der Waals surface area contributed by atoms with E-state index in [1.165, 1.54) is 34.9 Å². The van der Waals surface area contributed by atoms with Gasteiger partial charge < -0.3 is 15.5 Å². The lowest BCUT2D eigenvalue weighted by molar-refractivity contribution is 0.102. The molecule has 1 aliphatic rings. The van der Waals surface area contributed by atoms with Crippen LogP contribution in [-0.2, 0) is 7.05 Å². The Morgan fingerprint density at radius 3 is 2.56 bits per heavy atom. The molecule has 10 heteroatoms. The molecule has 0 unspecified atom stereocenters. The van der Waals surface area contributed by atoms with Crippen molar-refractivity contribution in [1.29, 1.82) is 0 Å². The number of benzene rings is 3. The number of anilines is 1. The number of hydrogen-bond donors (Lipinski definition) is 3. The van der Waals surface area contributed by atoms with Crippen LogP contribution in [-0.4, -0.2) is 26.8 Å². The van der Waals surface area contributed by atoms with E-state index in [0.717, 1.165) is 27.6 Å². The van der Waals surface area contributed by atoms with E-state index < -0.39 is 17.3 Å². The van der Waals surface area contributed by atoms with Crippen LogP contribution in [0.5, 0.6) is 11.5 Å². The van der Waals surface area contributed by atoms with Crippen molar-refractivity contribution in [3.05, 3.63) is 118 Å². The molecule has 41 heavy (non-hydrogen) atoms. The summed E-state index contributed by atoms with van der Waals surface area (Å²) in [5, 5.41) is 8.13. The summed E-state index contributed by atoms with van der Waals surface area (Å²) in [6.07, 6.45) is 3.71. The van der Waals surface area contributed by atoms with Gasteiger partial charge in [-0.3, -0.25) is 18.8 Å². The number of ether oxygens (including phenoxy) is 1. The molecule has 0 fully saturated rings. The topological polar surface area (TPSA) is 102 Å². The second-order valence-corrected chi connectivity index (χ2v) is 9.88. The molecule has 3 aromatic carbocycles. The van der Waals surface area contributed by atoms with E-state index in [9.17, 15) is 14.0 Å². The molecule has 0 radical (unpaired) electrons. The first-order chi connectivity index (χ1) is 19.8. The van der Waals surface area contributed by atoms with Crippen LogP contribution in [0.25, 0.3) is 22.2 Å². The van der Waals surface area contributed by atoms with Crippen LogP contribution in [0.1, 0.15) is 27.2 Å². The highest BCUT2D eigenvalue weighted by Crippen LogP contribution is 2.36. The summed E-state index contributed by atoms with van der Waals surface area (Å²) in [6.45, 7) is 4.28. The zero-order valence-electron chi connectivity index (χ0n) is 22.7. The Kier molecular flexibility index (Phi) is 6.60. The van der Waals surface area contributed by atoms with Gasteiger partial charge in [-0.25, -0.2) is 9.82 Å². The van der Waals surface area contributed by atoms with Crippen molar-refractivity contribution in [2.24, 2.45) is 7.05 Å². The monoisotopic (exact) mass is 550 g/mol. The predicted molar refractivity (Wildman–Crippen MR) is 156 cm³/mol. The maximum atomic E-state index is 13.4. The summed E-state index contributed by atoms with van der Waals surface area (Å²) in [6, 6.07) is 18.1. The Labute approximate surface area is 234 Å². The molecule has 1 amide bonds. The van der Waals surface area contributed by atoms with Crippen LogP contribution in [0.3, 0.4) is 0 Å². The van der Waals surface area contributed by atoms with Crippen LogP contribution in [0.4, 0.5) is 10.1 Å². The molecule has 2 aromatic heterocycles. The molecule has 206 valence electrons. The molecule has 1 aliphatic heterocycles. The summed E-state index contributed by atoms with van der Waals surface area (Å²) in [5.41, 5.74) is 11.0. The Hall–Kier alpha value is -5.22. The molecule has 3 heterocycles. The van der Waals surface area contributed by atoms with Gasteiger partial charge in [0.2, 0.25) is 0 Å². The highest BCUT2D eigenvalue weighted by Gasteiger charge is 2.18. The van der Waals surface area contributed by atoms with Crippen LogP contribution in [0.2, 0.25) is 0 Å². The highest BCUT2D eigenvalue weighted by molar-refractivity contribution is 6.04. The van der Waals surface area contributed by atoms with E-state index >= 15 is 0 Å². The van der Waals surface area contributed by atoms with E-state index in [4.69, 9.17) is 4.74 Å². The van der Waals surface area contributed by atoms with Crippen LogP contribution in [0, 0.1) is 19.7 Å². The smallest absolute Gasteiger partial charge is 0.268 e. The van der Waals surface area contributed by atoms with Crippen molar-refractivity contribution in [3.63, 3.8) is 0 Å². The minimum atomic E-state index is -0.545. The largest absolute Gasteiger partial charge is 0.456 e. The number of rotatable bonds is 6. The molecule has 0 bridgehead atoms. The fourth-order valence-corrected chi connectivity index (χ4v) is 4.90. The normalized spacial score (nSPS) is 12.7. The summed E-state index contributed by atoms with van der Waals surface area (Å²) in [7, 11) is 1.90. The molecular weight excluding hydrogens is 523 g/mol. The van der Waals surface area contributed by atoms with E-state index in [2.05, 4.69) is 27.3 Å².